The molecule has 2 aliphatic rings. The summed E-state index contributed by atoms with van der Waals surface area (Å²) in [5.74, 6) is 0.192. The largest absolute Gasteiger partial charge is 0.488 e. The second kappa shape index (κ2) is 13.2. The third-order valence-corrected chi connectivity index (χ3v) is 8.49. The summed E-state index contributed by atoms with van der Waals surface area (Å²) >= 11 is 0. The van der Waals surface area contributed by atoms with Gasteiger partial charge in [0.1, 0.15) is 17.9 Å². The number of para-hydroxylation sites is 1. The maximum Gasteiger partial charge on any atom is 0.342 e. The molecule has 2 aliphatic heterocycles. The molecule has 1 saturated heterocycles. The number of rotatable bonds is 9. The highest BCUT2D eigenvalue weighted by Gasteiger charge is 2.23. The zero-order valence-corrected chi connectivity index (χ0v) is 25.4. The molecule has 2 aromatic heterocycles. The van der Waals surface area contributed by atoms with Gasteiger partial charge in [-0.2, -0.15) is 9.78 Å². The van der Waals surface area contributed by atoms with Crippen molar-refractivity contribution in [2.24, 2.45) is 0 Å². The highest BCUT2D eigenvalue weighted by atomic mass is 16.6. The molecule has 10 heteroatoms. The first-order valence-corrected chi connectivity index (χ1v) is 15.0. The molecule has 1 fully saturated rings. The zero-order chi connectivity index (χ0) is 30.6. The Labute approximate surface area is 257 Å². The van der Waals surface area contributed by atoms with Crippen LogP contribution in [0.4, 0.5) is 0 Å². The summed E-state index contributed by atoms with van der Waals surface area (Å²) in [6.45, 7) is 9.63. The number of nitrogens with zero attached hydrogens (tertiary/aromatic N) is 4. The number of carboxylic acid groups (broad SMARTS) is 1. The number of hydrogen-bond acceptors (Lipinski definition) is 8. The Bertz CT molecular complexity index is 1640. The van der Waals surface area contributed by atoms with Gasteiger partial charge in [-0.3, -0.25) is 0 Å². The molecule has 4 aromatic rings. The number of ether oxygens (including phenoxy) is 4. The van der Waals surface area contributed by atoms with E-state index < -0.39 is 5.97 Å². The van der Waals surface area contributed by atoms with Gasteiger partial charge in [0.25, 0.3) is 0 Å². The lowest BCUT2D eigenvalue weighted by Gasteiger charge is -2.29. The Morgan fingerprint density at radius 2 is 1.91 bits per heavy atom. The number of aromatic nitrogens is 3. The molecule has 10 nitrogen and oxygen atoms in total. The lowest BCUT2D eigenvalue weighted by Crippen LogP contribution is -2.41. The van der Waals surface area contributed by atoms with Crippen LogP contribution in [0.2, 0.25) is 0 Å². The van der Waals surface area contributed by atoms with Gasteiger partial charge in [-0.05, 0) is 72.7 Å². The molecule has 4 heterocycles. The maximum atomic E-state index is 11.6. The third-order valence-electron chi connectivity index (χ3n) is 8.49. The fraction of sp³-hybridized carbons (Fsp3) is 0.382. The predicted molar refractivity (Wildman–Crippen MR) is 165 cm³/mol. The van der Waals surface area contributed by atoms with E-state index in [-0.39, 0.29) is 17.5 Å². The Kier molecular flexibility index (Phi) is 8.92. The summed E-state index contributed by atoms with van der Waals surface area (Å²) in [4.78, 5) is 18.9. The molecular weight excluding hydrogens is 560 g/mol. The maximum absolute atomic E-state index is 11.6. The van der Waals surface area contributed by atoms with E-state index in [9.17, 15) is 9.90 Å². The quantitative estimate of drug-likeness (QED) is 0.295. The van der Waals surface area contributed by atoms with Crippen LogP contribution in [0.1, 0.15) is 38.2 Å². The number of aryl methyl sites for hydroxylation is 1. The SMILES string of the molecule is COc1c(C(=O)O)cnn1-c1cccc(-c2cccc(C)c2OCc2ccc3c(c2C)CCN(C[C@H]2COCCO2)CC3)n1. The minimum atomic E-state index is -1.12. The smallest absolute Gasteiger partial charge is 0.342 e. The molecule has 1 N–H and O–H groups in total. The van der Waals surface area contributed by atoms with Gasteiger partial charge in [0.2, 0.25) is 5.88 Å². The third kappa shape index (κ3) is 6.19. The first-order valence-electron chi connectivity index (χ1n) is 15.0. The average Bonchev–Trinajstić information content (AvgIpc) is 3.38. The fourth-order valence-electron chi connectivity index (χ4n) is 6.10. The van der Waals surface area contributed by atoms with Crippen LogP contribution in [-0.4, -0.2) is 83.4 Å². The van der Waals surface area contributed by atoms with Crippen molar-refractivity contribution >= 4 is 5.97 Å². The molecule has 0 unspecified atom stereocenters. The zero-order valence-electron chi connectivity index (χ0n) is 25.4. The van der Waals surface area contributed by atoms with Gasteiger partial charge in [0, 0.05) is 25.2 Å². The molecule has 0 bridgehead atoms. The van der Waals surface area contributed by atoms with Crippen molar-refractivity contribution in [1.82, 2.24) is 19.7 Å². The molecule has 0 aliphatic carbocycles. The van der Waals surface area contributed by atoms with Gasteiger partial charge in [-0.1, -0.05) is 30.3 Å². The Hall–Kier alpha value is -4.25. The summed E-state index contributed by atoms with van der Waals surface area (Å²) < 4.78 is 24.8. The van der Waals surface area contributed by atoms with Crippen molar-refractivity contribution in [3.8, 4) is 28.7 Å². The molecule has 1 atom stereocenters. The van der Waals surface area contributed by atoms with Crippen LogP contribution < -0.4 is 9.47 Å². The molecule has 230 valence electrons. The number of carbonyl (C=O) groups is 1. The van der Waals surface area contributed by atoms with Gasteiger partial charge in [-0.25, -0.2) is 9.78 Å². The van der Waals surface area contributed by atoms with Gasteiger partial charge >= 0.3 is 5.97 Å². The normalized spacial score (nSPS) is 17.1. The summed E-state index contributed by atoms with van der Waals surface area (Å²) in [6, 6.07) is 16.0. The fourth-order valence-corrected chi connectivity index (χ4v) is 6.10. The molecular formula is C34H38N4O6. The lowest BCUT2D eigenvalue weighted by molar-refractivity contribution is -0.0972. The number of fused-ring (bicyclic) bond motifs is 1. The van der Waals surface area contributed by atoms with Crippen LogP contribution >= 0.6 is 0 Å². The molecule has 2 aromatic carbocycles. The van der Waals surface area contributed by atoms with E-state index in [1.165, 1.54) is 40.2 Å². The monoisotopic (exact) mass is 598 g/mol. The highest BCUT2D eigenvalue weighted by molar-refractivity contribution is 5.90. The summed E-state index contributed by atoms with van der Waals surface area (Å²) in [6.07, 6.45) is 3.42. The van der Waals surface area contributed by atoms with E-state index in [0.29, 0.717) is 37.9 Å². The Morgan fingerprint density at radius 1 is 1.07 bits per heavy atom. The number of hydrogen-bond donors (Lipinski definition) is 1. The van der Waals surface area contributed by atoms with Crippen LogP contribution in [-0.2, 0) is 28.9 Å². The number of methoxy groups -OCH3 is 1. The van der Waals surface area contributed by atoms with Gasteiger partial charge in [0.05, 0.1) is 44.9 Å². The van der Waals surface area contributed by atoms with Crippen LogP contribution in [0, 0.1) is 13.8 Å². The minimum absolute atomic E-state index is 0.0315. The van der Waals surface area contributed by atoms with Crippen molar-refractivity contribution in [3.05, 3.63) is 88.1 Å². The second-order valence-electron chi connectivity index (χ2n) is 11.3. The van der Waals surface area contributed by atoms with Gasteiger partial charge < -0.3 is 29.0 Å². The number of carboxylic acids is 1. The first-order chi connectivity index (χ1) is 21.4. The topological polar surface area (TPSA) is 108 Å². The lowest BCUT2D eigenvalue weighted by atomic mass is 9.94. The van der Waals surface area contributed by atoms with E-state index >= 15 is 0 Å². The van der Waals surface area contributed by atoms with Crippen LogP contribution in [0.5, 0.6) is 11.6 Å². The van der Waals surface area contributed by atoms with Gasteiger partial charge in [-0.15, -0.1) is 0 Å². The Balaban J connectivity index is 1.21. The van der Waals surface area contributed by atoms with Crippen LogP contribution in [0.15, 0.2) is 54.7 Å². The van der Waals surface area contributed by atoms with Crippen LogP contribution in [0.3, 0.4) is 0 Å². The summed E-state index contributed by atoms with van der Waals surface area (Å²) in [5.41, 5.74) is 7.77. The average molecular weight is 599 g/mol. The van der Waals surface area contributed by atoms with E-state index in [1.54, 1.807) is 6.07 Å². The number of aromatic carboxylic acids is 1. The Morgan fingerprint density at radius 3 is 2.70 bits per heavy atom. The highest BCUT2D eigenvalue weighted by Crippen LogP contribution is 2.34. The van der Waals surface area contributed by atoms with E-state index in [2.05, 4.69) is 29.1 Å². The van der Waals surface area contributed by atoms with Crippen molar-refractivity contribution in [3.63, 3.8) is 0 Å². The minimum Gasteiger partial charge on any atom is -0.488 e. The second-order valence-corrected chi connectivity index (χ2v) is 11.3. The van der Waals surface area contributed by atoms with Crippen molar-refractivity contribution in [1.29, 1.82) is 0 Å². The molecule has 0 saturated carbocycles. The van der Waals surface area contributed by atoms with Crippen molar-refractivity contribution < 1.29 is 28.8 Å². The molecule has 6 rings (SSSR count). The van der Waals surface area contributed by atoms with E-state index in [4.69, 9.17) is 23.9 Å². The van der Waals surface area contributed by atoms with Crippen LogP contribution in [0.25, 0.3) is 17.1 Å². The predicted octanol–water partition coefficient (Wildman–Crippen LogP) is 4.65. The first kappa shape index (κ1) is 29.8. The molecule has 0 spiro atoms. The standard InChI is InChI=1S/C34H38N4O6/c1-22-6-4-7-28(30-8-5-9-31(36-30)38-33(41-3)29(18-35-38)34(39)40)32(22)44-20-25-11-10-24-12-14-37(15-13-27(24)23(25)2)19-26-21-42-16-17-43-26/h4-11,18,26H,12-17,19-21H2,1-3H3,(H,39,40)/t26-/m0/s1. The van der Waals surface area contributed by atoms with Crippen molar-refractivity contribution in [2.75, 3.05) is 46.6 Å². The number of benzene rings is 2. The molecule has 44 heavy (non-hydrogen) atoms. The van der Waals surface area contributed by atoms with Crippen molar-refractivity contribution in [2.45, 2.75) is 39.4 Å². The summed E-state index contributed by atoms with van der Waals surface area (Å²) in [5, 5.41) is 13.7. The number of pyridine rings is 1. The van der Waals surface area contributed by atoms with Gasteiger partial charge in [0.15, 0.2) is 5.82 Å². The molecule has 0 amide bonds. The summed E-state index contributed by atoms with van der Waals surface area (Å²) in [7, 11) is 1.42. The molecule has 0 radical (unpaired) electrons. The van der Waals surface area contributed by atoms with E-state index in [1.807, 2.05) is 37.3 Å². The van der Waals surface area contributed by atoms with E-state index in [0.717, 1.165) is 49.4 Å².